The number of anilines is 3. The number of rotatable bonds is 3. The van der Waals surface area contributed by atoms with Crippen LogP contribution in [-0.2, 0) is 0 Å². The Kier molecular flexibility index (Phi) is 6.62. The Morgan fingerprint density at radius 2 is 1.68 bits per heavy atom. The molecule has 7 heteroatoms. The Hall–Kier alpha value is -2.76. The zero-order chi connectivity index (χ0) is 18.2. The molecule has 3 rings (SSSR count). The molecule has 0 saturated carbocycles. The number of hydrogen-bond acceptors (Lipinski definition) is 4. The summed E-state index contributed by atoms with van der Waals surface area (Å²) in [4.78, 5) is 15.0. The van der Waals surface area contributed by atoms with Crippen LogP contribution in [0.25, 0.3) is 0 Å². The third-order valence-electron chi connectivity index (χ3n) is 2.97. The van der Waals surface area contributed by atoms with Crippen molar-refractivity contribution in [1.82, 2.24) is 4.98 Å². The van der Waals surface area contributed by atoms with E-state index in [0.717, 1.165) is 0 Å². The lowest BCUT2D eigenvalue weighted by molar-refractivity contribution is 0.0697. The Morgan fingerprint density at radius 1 is 1.00 bits per heavy atom. The van der Waals surface area contributed by atoms with Crippen molar-refractivity contribution in [2.75, 3.05) is 11.1 Å². The Balaban J connectivity index is 0.000000236. The number of hydrogen-bond donors (Lipinski definition) is 3. The van der Waals surface area contributed by atoms with Gasteiger partial charge in [-0.25, -0.2) is 9.78 Å². The van der Waals surface area contributed by atoms with Gasteiger partial charge in [-0.05, 0) is 48.5 Å². The minimum atomic E-state index is -1.03. The van der Waals surface area contributed by atoms with Crippen LogP contribution in [0, 0.1) is 0 Å². The van der Waals surface area contributed by atoms with Crippen LogP contribution in [0.5, 0.6) is 0 Å². The quantitative estimate of drug-likeness (QED) is 0.554. The fourth-order valence-electron chi connectivity index (χ4n) is 1.89. The van der Waals surface area contributed by atoms with Crippen LogP contribution in [-0.4, -0.2) is 16.1 Å². The summed E-state index contributed by atoms with van der Waals surface area (Å²) in [5, 5.41) is 13.2. The first-order chi connectivity index (χ1) is 12.0. The number of benzene rings is 2. The summed E-state index contributed by atoms with van der Waals surface area (Å²) in [7, 11) is 0. The first kappa shape index (κ1) is 18.6. The van der Waals surface area contributed by atoms with Crippen LogP contribution in [0.15, 0.2) is 66.9 Å². The van der Waals surface area contributed by atoms with Crippen molar-refractivity contribution in [3.8, 4) is 0 Å². The number of nitrogen functional groups attached to an aromatic ring is 1. The highest BCUT2D eigenvalue weighted by molar-refractivity contribution is 6.31. The van der Waals surface area contributed by atoms with E-state index in [-0.39, 0.29) is 5.56 Å². The fraction of sp³-hybridized carbons (Fsp3) is 0. The van der Waals surface area contributed by atoms with Gasteiger partial charge in [-0.3, -0.25) is 0 Å². The molecule has 1 heterocycles. The zero-order valence-electron chi connectivity index (χ0n) is 13.0. The number of nitrogens with two attached hydrogens (primary N) is 1. The molecule has 0 spiro atoms. The van der Waals surface area contributed by atoms with Crippen molar-refractivity contribution in [3.63, 3.8) is 0 Å². The van der Waals surface area contributed by atoms with Crippen LogP contribution < -0.4 is 11.1 Å². The molecule has 128 valence electrons. The highest BCUT2D eigenvalue weighted by Crippen LogP contribution is 2.21. The highest BCUT2D eigenvalue weighted by atomic mass is 35.5. The number of carbonyl (C=O) groups is 1. The van der Waals surface area contributed by atoms with Crippen LogP contribution >= 0.6 is 23.2 Å². The highest BCUT2D eigenvalue weighted by Gasteiger charge is 2.10. The van der Waals surface area contributed by atoms with Crippen molar-refractivity contribution in [2.45, 2.75) is 0 Å². The monoisotopic (exact) mass is 375 g/mol. The second-order valence-corrected chi connectivity index (χ2v) is 5.77. The summed E-state index contributed by atoms with van der Waals surface area (Å²) in [6.07, 6.45) is 1.53. The summed E-state index contributed by atoms with van der Waals surface area (Å²) in [5.74, 6) is -0.732. The van der Waals surface area contributed by atoms with Crippen molar-refractivity contribution >= 4 is 46.4 Å². The molecule has 0 unspecified atom stereocenters. The van der Waals surface area contributed by atoms with Crippen molar-refractivity contribution < 1.29 is 9.90 Å². The van der Waals surface area contributed by atoms with E-state index in [1.807, 2.05) is 6.07 Å². The van der Waals surface area contributed by atoms with Crippen molar-refractivity contribution in [3.05, 3.63) is 82.5 Å². The van der Waals surface area contributed by atoms with Crippen molar-refractivity contribution in [2.24, 2.45) is 0 Å². The standard InChI is InChI=1S/C12H9ClN2O2.C6H6ClN/c13-8-3-1-4-9(7-8)15-11-10(12(16)17)5-2-6-14-11;7-5-2-1-3-6(8)4-5/h1-7H,(H,14,15)(H,16,17);1-4H,8H2. The zero-order valence-corrected chi connectivity index (χ0v) is 14.5. The van der Waals surface area contributed by atoms with E-state index in [2.05, 4.69) is 10.3 Å². The van der Waals surface area contributed by atoms with Gasteiger partial charge in [0.2, 0.25) is 0 Å². The topological polar surface area (TPSA) is 88.2 Å². The van der Waals surface area contributed by atoms with Crippen LogP contribution in [0.2, 0.25) is 10.0 Å². The molecular formula is C18H15Cl2N3O2. The summed E-state index contributed by atoms with van der Waals surface area (Å²) >= 11 is 11.4. The van der Waals surface area contributed by atoms with E-state index < -0.39 is 5.97 Å². The molecule has 0 fully saturated rings. The van der Waals surface area contributed by atoms with E-state index >= 15 is 0 Å². The molecule has 2 aromatic carbocycles. The Bertz CT molecular complexity index is 855. The molecule has 0 bridgehead atoms. The SMILES string of the molecule is Nc1cccc(Cl)c1.O=C(O)c1cccnc1Nc1cccc(Cl)c1. The molecule has 4 N–H and O–H groups in total. The molecule has 0 radical (unpaired) electrons. The van der Waals surface area contributed by atoms with E-state index in [0.29, 0.717) is 27.2 Å². The molecule has 0 aliphatic heterocycles. The van der Waals surface area contributed by atoms with Gasteiger partial charge in [-0.15, -0.1) is 0 Å². The number of aromatic nitrogens is 1. The van der Waals surface area contributed by atoms with Gasteiger partial charge in [0.1, 0.15) is 11.4 Å². The fourth-order valence-corrected chi connectivity index (χ4v) is 2.28. The van der Waals surface area contributed by atoms with Gasteiger partial charge in [0, 0.05) is 27.6 Å². The number of nitrogens with zero attached hydrogens (tertiary/aromatic N) is 1. The summed E-state index contributed by atoms with van der Waals surface area (Å²) < 4.78 is 0. The van der Waals surface area contributed by atoms with Crippen LogP contribution in [0.4, 0.5) is 17.2 Å². The maximum absolute atomic E-state index is 11.0. The summed E-state index contributed by atoms with van der Waals surface area (Å²) in [5.41, 5.74) is 6.89. The molecule has 3 aromatic rings. The molecule has 25 heavy (non-hydrogen) atoms. The molecule has 1 aromatic heterocycles. The minimum absolute atomic E-state index is 0.118. The Morgan fingerprint density at radius 3 is 2.24 bits per heavy atom. The summed E-state index contributed by atoms with van der Waals surface area (Å²) in [6.45, 7) is 0. The first-order valence-corrected chi connectivity index (χ1v) is 7.93. The molecule has 0 amide bonds. The van der Waals surface area contributed by atoms with E-state index in [1.165, 1.54) is 12.3 Å². The van der Waals surface area contributed by atoms with E-state index in [9.17, 15) is 4.79 Å². The number of pyridine rings is 1. The largest absolute Gasteiger partial charge is 0.478 e. The maximum Gasteiger partial charge on any atom is 0.339 e. The Labute approximate surface area is 155 Å². The van der Waals surface area contributed by atoms with Gasteiger partial charge in [-0.1, -0.05) is 35.3 Å². The lowest BCUT2D eigenvalue weighted by Gasteiger charge is -2.08. The molecule has 0 atom stereocenters. The van der Waals surface area contributed by atoms with Gasteiger partial charge in [0.05, 0.1) is 0 Å². The van der Waals surface area contributed by atoms with E-state index in [1.54, 1.807) is 48.5 Å². The average Bonchev–Trinajstić information content (AvgIpc) is 2.55. The van der Waals surface area contributed by atoms with Crippen LogP contribution in [0.3, 0.4) is 0 Å². The number of carboxylic acid groups (broad SMARTS) is 1. The van der Waals surface area contributed by atoms with Crippen molar-refractivity contribution in [1.29, 1.82) is 0 Å². The lowest BCUT2D eigenvalue weighted by Crippen LogP contribution is -2.04. The molecule has 0 aliphatic rings. The average molecular weight is 376 g/mol. The third-order valence-corrected chi connectivity index (χ3v) is 3.44. The molecule has 0 saturated heterocycles. The molecular weight excluding hydrogens is 361 g/mol. The molecule has 0 aliphatic carbocycles. The number of halogens is 2. The number of aromatic carboxylic acids is 1. The second-order valence-electron chi connectivity index (χ2n) is 4.90. The second kappa shape index (κ2) is 8.92. The number of nitrogens with one attached hydrogen (secondary N) is 1. The smallest absolute Gasteiger partial charge is 0.339 e. The lowest BCUT2D eigenvalue weighted by atomic mass is 10.2. The predicted molar refractivity (Wildman–Crippen MR) is 102 cm³/mol. The van der Waals surface area contributed by atoms with E-state index in [4.69, 9.17) is 34.0 Å². The minimum Gasteiger partial charge on any atom is -0.478 e. The first-order valence-electron chi connectivity index (χ1n) is 7.17. The van der Waals surface area contributed by atoms with Gasteiger partial charge in [0.25, 0.3) is 0 Å². The number of carboxylic acids is 1. The van der Waals surface area contributed by atoms with Gasteiger partial charge in [-0.2, -0.15) is 0 Å². The van der Waals surface area contributed by atoms with Gasteiger partial charge < -0.3 is 16.2 Å². The summed E-state index contributed by atoms with van der Waals surface area (Å²) in [6, 6.07) is 17.2. The van der Waals surface area contributed by atoms with Gasteiger partial charge >= 0.3 is 5.97 Å². The molecule has 5 nitrogen and oxygen atoms in total. The van der Waals surface area contributed by atoms with Crippen LogP contribution in [0.1, 0.15) is 10.4 Å². The van der Waals surface area contributed by atoms with Gasteiger partial charge in [0.15, 0.2) is 0 Å². The predicted octanol–water partition coefficient (Wildman–Crippen LogP) is 5.10. The third kappa shape index (κ3) is 5.99. The normalized spacial score (nSPS) is 9.68. The maximum atomic E-state index is 11.0.